The van der Waals surface area contributed by atoms with E-state index >= 15 is 0 Å². The van der Waals surface area contributed by atoms with Gasteiger partial charge in [0.2, 0.25) is 9.84 Å². The summed E-state index contributed by atoms with van der Waals surface area (Å²) in [5.74, 6) is 0. The van der Waals surface area contributed by atoms with Crippen LogP contribution < -0.4 is 0 Å². The first-order chi connectivity index (χ1) is 9.50. The van der Waals surface area contributed by atoms with Crippen molar-refractivity contribution in [2.75, 3.05) is 0 Å². The number of aryl methyl sites for hydroxylation is 2. The van der Waals surface area contributed by atoms with Crippen LogP contribution in [0.2, 0.25) is 0 Å². The molecular weight excluding hydrogens is 270 g/mol. The molecule has 0 spiro atoms. The maximum atomic E-state index is 12.9. The lowest BCUT2D eigenvalue weighted by Crippen LogP contribution is -2.04. The van der Waals surface area contributed by atoms with E-state index in [1.54, 1.807) is 12.3 Å². The highest BCUT2D eigenvalue weighted by Gasteiger charge is 2.23. The van der Waals surface area contributed by atoms with Crippen LogP contribution in [-0.4, -0.2) is 13.4 Å². The Morgan fingerprint density at radius 3 is 2.50 bits per heavy atom. The van der Waals surface area contributed by atoms with E-state index in [0.29, 0.717) is 9.79 Å². The number of H-pyrrole nitrogens is 1. The molecule has 0 bridgehead atoms. The Balaban J connectivity index is 2.29. The molecular formula is C16H15NO2S. The molecule has 0 aliphatic rings. The fraction of sp³-hybridized carbons (Fsp3) is 0.125. The molecule has 102 valence electrons. The fourth-order valence-electron chi connectivity index (χ4n) is 2.38. The average Bonchev–Trinajstić information content (AvgIpc) is 2.86. The normalized spacial score (nSPS) is 11.9. The summed E-state index contributed by atoms with van der Waals surface area (Å²) >= 11 is 0. The van der Waals surface area contributed by atoms with Gasteiger partial charge >= 0.3 is 0 Å². The molecule has 3 rings (SSSR count). The SMILES string of the molecule is Cc1ccc(C)c(S(=O)(=O)c2c[nH]c3ccccc23)c1. The summed E-state index contributed by atoms with van der Waals surface area (Å²) in [6, 6.07) is 12.9. The van der Waals surface area contributed by atoms with Crippen LogP contribution in [0.25, 0.3) is 10.9 Å². The molecule has 3 nitrogen and oxygen atoms in total. The summed E-state index contributed by atoms with van der Waals surface area (Å²) in [7, 11) is -3.51. The van der Waals surface area contributed by atoms with Crippen LogP contribution in [0.3, 0.4) is 0 Å². The molecule has 0 atom stereocenters. The molecule has 0 amide bonds. The van der Waals surface area contributed by atoms with Gasteiger partial charge in [0.25, 0.3) is 0 Å². The standard InChI is InChI=1S/C16H15NO2S/c1-11-7-8-12(2)15(9-11)20(18,19)16-10-17-14-6-4-3-5-13(14)16/h3-10,17H,1-2H3. The minimum atomic E-state index is -3.51. The number of sulfone groups is 1. The van der Waals surface area contributed by atoms with Crippen molar-refractivity contribution < 1.29 is 8.42 Å². The van der Waals surface area contributed by atoms with Gasteiger partial charge in [-0.3, -0.25) is 0 Å². The van der Waals surface area contributed by atoms with Gasteiger partial charge in [0, 0.05) is 17.1 Å². The minimum Gasteiger partial charge on any atom is -0.360 e. The van der Waals surface area contributed by atoms with Crippen LogP contribution in [0.5, 0.6) is 0 Å². The third-order valence-corrected chi connectivity index (χ3v) is 5.41. The van der Waals surface area contributed by atoms with E-state index in [2.05, 4.69) is 4.98 Å². The summed E-state index contributed by atoms with van der Waals surface area (Å²) in [6.45, 7) is 3.72. The highest BCUT2D eigenvalue weighted by molar-refractivity contribution is 7.91. The lowest BCUT2D eigenvalue weighted by molar-refractivity contribution is 0.596. The number of fused-ring (bicyclic) bond motifs is 1. The zero-order chi connectivity index (χ0) is 14.3. The molecule has 20 heavy (non-hydrogen) atoms. The lowest BCUT2D eigenvalue weighted by atomic mass is 10.2. The molecule has 3 aromatic rings. The van der Waals surface area contributed by atoms with Gasteiger partial charge in [-0.05, 0) is 37.1 Å². The van der Waals surface area contributed by atoms with Crippen LogP contribution >= 0.6 is 0 Å². The molecule has 2 aromatic carbocycles. The maximum Gasteiger partial charge on any atom is 0.208 e. The first-order valence-corrected chi connectivity index (χ1v) is 7.87. The molecule has 1 N–H and O–H groups in total. The van der Waals surface area contributed by atoms with E-state index < -0.39 is 9.84 Å². The Morgan fingerprint density at radius 2 is 1.70 bits per heavy atom. The molecule has 0 saturated heterocycles. The quantitative estimate of drug-likeness (QED) is 0.782. The Hall–Kier alpha value is -2.07. The lowest BCUT2D eigenvalue weighted by Gasteiger charge is -2.08. The van der Waals surface area contributed by atoms with Crippen LogP contribution in [0.4, 0.5) is 0 Å². The highest BCUT2D eigenvalue weighted by Crippen LogP contribution is 2.30. The number of hydrogen-bond acceptors (Lipinski definition) is 2. The van der Waals surface area contributed by atoms with Crippen molar-refractivity contribution in [3.63, 3.8) is 0 Å². The van der Waals surface area contributed by atoms with Gasteiger partial charge in [0.1, 0.15) is 0 Å². The maximum absolute atomic E-state index is 12.9. The van der Waals surface area contributed by atoms with Gasteiger partial charge < -0.3 is 4.98 Å². The second-order valence-electron chi connectivity index (χ2n) is 4.97. The Labute approximate surface area is 118 Å². The van der Waals surface area contributed by atoms with Crippen LogP contribution in [0.15, 0.2) is 58.5 Å². The zero-order valence-electron chi connectivity index (χ0n) is 11.3. The van der Waals surface area contributed by atoms with Crippen molar-refractivity contribution in [3.05, 3.63) is 59.8 Å². The van der Waals surface area contributed by atoms with E-state index in [9.17, 15) is 8.42 Å². The smallest absolute Gasteiger partial charge is 0.208 e. The summed E-state index contributed by atoms with van der Waals surface area (Å²) in [6.07, 6.45) is 1.57. The van der Waals surface area contributed by atoms with Gasteiger partial charge in [0.05, 0.1) is 9.79 Å². The van der Waals surface area contributed by atoms with Crippen molar-refractivity contribution in [2.45, 2.75) is 23.6 Å². The van der Waals surface area contributed by atoms with E-state index in [1.807, 2.05) is 50.2 Å². The van der Waals surface area contributed by atoms with Gasteiger partial charge in [-0.2, -0.15) is 0 Å². The largest absolute Gasteiger partial charge is 0.360 e. The first-order valence-electron chi connectivity index (χ1n) is 6.38. The first kappa shape index (κ1) is 12.9. The van der Waals surface area contributed by atoms with E-state index in [0.717, 1.165) is 22.0 Å². The Bertz CT molecular complexity index is 892. The third-order valence-electron chi connectivity index (χ3n) is 3.47. The number of rotatable bonds is 2. The number of aromatic nitrogens is 1. The van der Waals surface area contributed by atoms with Crippen LogP contribution in [-0.2, 0) is 9.84 Å². The third kappa shape index (κ3) is 1.93. The number of aromatic amines is 1. The average molecular weight is 285 g/mol. The van der Waals surface area contributed by atoms with Gasteiger partial charge in [-0.1, -0.05) is 30.3 Å². The Morgan fingerprint density at radius 1 is 0.950 bits per heavy atom. The van der Waals surface area contributed by atoms with Gasteiger partial charge in [-0.15, -0.1) is 0 Å². The number of benzene rings is 2. The predicted octanol–water partition coefficient (Wildman–Crippen LogP) is 3.62. The summed E-state index contributed by atoms with van der Waals surface area (Å²) in [5.41, 5.74) is 2.53. The van der Waals surface area contributed by atoms with Crippen LogP contribution in [0.1, 0.15) is 11.1 Å². The van der Waals surface area contributed by atoms with Crippen molar-refractivity contribution in [3.8, 4) is 0 Å². The monoisotopic (exact) mass is 285 g/mol. The topological polar surface area (TPSA) is 49.9 Å². The second-order valence-corrected chi connectivity index (χ2v) is 6.86. The van der Waals surface area contributed by atoms with Crippen LogP contribution in [0, 0.1) is 13.8 Å². The van der Waals surface area contributed by atoms with E-state index in [1.165, 1.54) is 0 Å². The number of para-hydroxylation sites is 1. The number of hydrogen-bond donors (Lipinski definition) is 1. The van der Waals surface area contributed by atoms with E-state index in [4.69, 9.17) is 0 Å². The van der Waals surface area contributed by atoms with Crippen molar-refractivity contribution in [2.24, 2.45) is 0 Å². The van der Waals surface area contributed by atoms with Crippen molar-refractivity contribution in [1.82, 2.24) is 4.98 Å². The molecule has 0 saturated carbocycles. The minimum absolute atomic E-state index is 0.335. The second kappa shape index (κ2) is 4.49. The fourth-order valence-corrected chi connectivity index (χ4v) is 4.13. The molecule has 0 radical (unpaired) electrons. The van der Waals surface area contributed by atoms with Crippen molar-refractivity contribution >= 4 is 20.7 Å². The molecule has 0 unspecified atom stereocenters. The molecule has 0 aliphatic carbocycles. The zero-order valence-corrected chi connectivity index (χ0v) is 12.2. The molecule has 1 aromatic heterocycles. The van der Waals surface area contributed by atoms with Crippen molar-refractivity contribution in [1.29, 1.82) is 0 Å². The molecule has 1 heterocycles. The van der Waals surface area contributed by atoms with Gasteiger partial charge in [-0.25, -0.2) is 8.42 Å². The Kier molecular flexibility index (Phi) is 2.91. The summed E-state index contributed by atoms with van der Waals surface area (Å²) in [4.78, 5) is 3.73. The highest BCUT2D eigenvalue weighted by atomic mass is 32.2. The summed E-state index contributed by atoms with van der Waals surface area (Å²) < 4.78 is 25.7. The molecule has 0 aliphatic heterocycles. The molecule has 4 heteroatoms. The predicted molar refractivity (Wildman–Crippen MR) is 79.7 cm³/mol. The van der Waals surface area contributed by atoms with E-state index in [-0.39, 0.29) is 0 Å². The molecule has 0 fully saturated rings. The number of nitrogens with one attached hydrogen (secondary N) is 1. The van der Waals surface area contributed by atoms with Gasteiger partial charge in [0.15, 0.2) is 0 Å². The summed E-state index contributed by atoms with van der Waals surface area (Å²) in [5, 5.41) is 0.730.